The second kappa shape index (κ2) is 11.8. The Morgan fingerprint density at radius 1 is 1.03 bits per heavy atom. The Balaban J connectivity index is 1.60. The summed E-state index contributed by atoms with van der Waals surface area (Å²) in [6.45, 7) is 4.62. The lowest BCUT2D eigenvalue weighted by atomic mass is 10.1. The fourth-order valence-electron chi connectivity index (χ4n) is 3.20. The third-order valence-electron chi connectivity index (χ3n) is 4.83. The van der Waals surface area contributed by atoms with Crippen molar-refractivity contribution in [2.24, 2.45) is 4.99 Å². The predicted octanol–water partition coefficient (Wildman–Crippen LogP) is 3.46. The Morgan fingerprint density at radius 2 is 1.84 bits per heavy atom. The number of nitrogens with one attached hydrogen (secondary N) is 2. The smallest absolute Gasteiger partial charge is 0.191 e. The van der Waals surface area contributed by atoms with Crippen LogP contribution in [0.5, 0.6) is 5.75 Å². The van der Waals surface area contributed by atoms with Crippen molar-refractivity contribution in [2.45, 2.75) is 26.4 Å². The Bertz CT molecular complexity index is 970. The lowest BCUT2D eigenvalue weighted by Crippen LogP contribution is -2.36. The van der Waals surface area contributed by atoms with Crippen LogP contribution < -0.4 is 15.4 Å². The van der Waals surface area contributed by atoms with Gasteiger partial charge in [-0.05, 0) is 36.2 Å². The van der Waals surface area contributed by atoms with Crippen molar-refractivity contribution in [3.05, 3.63) is 77.6 Å². The zero-order valence-electron chi connectivity index (χ0n) is 18.5. The lowest BCUT2D eigenvalue weighted by Gasteiger charge is -2.16. The third-order valence-corrected chi connectivity index (χ3v) is 4.83. The number of ether oxygens (including phenoxy) is 2. The van der Waals surface area contributed by atoms with Crippen molar-refractivity contribution >= 4 is 5.96 Å². The molecule has 2 aromatic carbocycles. The molecule has 0 aliphatic rings. The molecule has 1 heterocycles. The molecular weight excluding hydrogens is 390 g/mol. The van der Waals surface area contributed by atoms with Gasteiger partial charge in [0.05, 0.1) is 12.3 Å². The van der Waals surface area contributed by atoms with Gasteiger partial charge in [-0.1, -0.05) is 30.3 Å². The van der Waals surface area contributed by atoms with Crippen LogP contribution in [0.25, 0.3) is 5.69 Å². The minimum absolute atomic E-state index is 0.611. The summed E-state index contributed by atoms with van der Waals surface area (Å²) in [5.74, 6) is 1.62. The Morgan fingerprint density at radius 3 is 2.58 bits per heavy atom. The molecule has 3 aromatic rings. The minimum atomic E-state index is 0.611. The highest BCUT2D eigenvalue weighted by Crippen LogP contribution is 2.20. The van der Waals surface area contributed by atoms with Crippen molar-refractivity contribution in [3.8, 4) is 11.4 Å². The van der Waals surface area contributed by atoms with Gasteiger partial charge in [0.1, 0.15) is 5.75 Å². The average molecular weight is 422 g/mol. The molecule has 7 heteroatoms. The summed E-state index contributed by atoms with van der Waals surface area (Å²) in [4.78, 5) is 4.36. The summed E-state index contributed by atoms with van der Waals surface area (Å²) in [7, 11) is 3.47. The summed E-state index contributed by atoms with van der Waals surface area (Å²) < 4.78 is 13.0. The fourth-order valence-corrected chi connectivity index (χ4v) is 3.20. The van der Waals surface area contributed by atoms with Gasteiger partial charge in [-0.25, -0.2) is 4.68 Å². The molecule has 0 amide bonds. The quantitative estimate of drug-likeness (QED) is 0.298. The van der Waals surface area contributed by atoms with E-state index >= 15 is 0 Å². The van der Waals surface area contributed by atoms with E-state index in [-0.39, 0.29) is 0 Å². The van der Waals surface area contributed by atoms with Gasteiger partial charge in [-0.2, -0.15) is 5.10 Å². The van der Waals surface area contributed by atoms with Crippen LogP contribution in [0.15, 0.2) is 65.9 Å². The first kappa shape index (κ1) is 22.4. The highest BCUT2D eigenvalue weighted by atomic mass is 16.5. The fraction of sp³-hybridized carbons (Fsp3) is 0.333. The number of benzene rings is 2. The Kier molecular flexibility index (Phi) is 8.48. The number of guanidine groups is 1. The number of rotatable bonds is 10. The van der Waals surface area contributed by atoms with E-state index in [1.165, 1.54) is 5.56 Å². The molecule has 0 saturated carbocycles. The van der Waals surface area contributed by atoms with Gasteiger partial charge >= 0.3 is 0 Å². The van der Waals surface area contributed by atoms with E-state index in [9.17, 15) is 0 Å². The van der Waals surface area contributed by atoms with Gasteiger partial charge in [0, 0.05) is 58.2 Å². The van der Waals surface area contributed by atoms with Crippen LogP contribution in [-0.2, 0) is 17.8 Å². The number of aromatic nitrogens is 2. The maximum absolute atomic E-state index is 5.98. The van der Waals surface area contributed by atoms with Crippen LogP contribution in [-0.4, -0.2) is 43.1 Å². The van der Waals surface area contributed by atoms with Gasteiger partial charge in [0.2, 0.25) is 0 Å². The first-order chi connectivity index (χ1) is 15.2. The van der Waals surface area contributed by atoms with Gasteiger partial charge in [0.25, 0.3) is 0 Å². The van der Waals surface area contributed by atoms with Gasteiger partial charge < -0.3 is 20.1 Å². The molecule has 164 valence electrons. The van der Waals surface area contributed by atoms with Gasteiger partial charge in [0.15, 0.2) is 5.96 Å². The monoisotopic (exact) mass is 421 g/mol. The number of hydrogen-bond acceptors (Lipinski definition) is 4. The summed E-state index contributed by atoms with van der Waals surface area (Å²) in [6, 6.07) is 16.4. The zero-order valence-corrected chi connectivity index (χ0v) is 18.5. The van der Waals surface area contributed by atoms with Crippen LogP contribution >= 0.6 is 0 Å². The van der Waals surface area contributed by atoms with Crippen LogP contribution in [0, 0.1) is 6.92 Å². The SMILES string of the molecule is CN=C(NCc1ccc(C)cc1OCCCOC)NCc1ccccc1-n1cccn1. The molecule has 0 atom stereocenters. The molecule has 3 rings (SSSR count). The van der Waals surface area contributed by atoms with E-state index in [1.54, 1.807) is 20.4 Å². The zero-order chi connectivity index (χ0) is 21.9. The summed E-state index contributed by atoms with van der Waals surface area (Å²) in [5.41, 5.74) is 4.43. The molecule has 0 bridgehead atoms. The van der Waals surface area contributed by atoms with Crippen LogP contribution in [0.3, 0.4) is 0 Å². The molecule has 0 aliphatic carbocycles. The Hall–Kier alpha value is -3.32. The number of methoxy groups -OCH3 is 1. The highest BCUT2D eigenvalue weighted by Gasteiger charge is 2.08. The molecule has 31 heavy (non-hydrogen) atoms. The molecule has 2 N–H and O–H groups in total. The van der Waals surface area contributed by atoms with Crippen molar-refractivity contribution in [3.63, 3.8) is 0 Å². The molecule has 0 fully saturated rings. The number of nitrogens with zero attached hydrogens (tertiary/aromatic N) is 3. The predicted molar refractivity (Wildman–Crippen MR) is 124 cm³/mol. The first-order valence-corrected chi connectivity index (χ1v) is 10.4. The number of para-hydroxylation sites is 1. The van der Waals surface area contributed by atoms with Crippen LogP contribution in [0.4, 0.5) is 0 Å². The van der Waals surface area contributed by atoms with E-state index in [1.807, 2.05) is 29.1 Å². The topological polar surface area (TPSA) is 72.7 Å². The van der Waals surface area contributed by atoms with Crippen molar-refractivity contribution in [1.29, 1.82) is 0 Å². The molecular formula is C24H31N5O2. The van der Waals surface area contributed by atoms with E-state index < -0.39 is 0 Å². The molecule has 7 nitrogen and oxygen atoms in total. The maximum Gasteiger partial charge on any atom is 0.191 e. The molecule has 0 unspecified atom stereocenters. The van der Waals surface area contributed by atoms with E-state index in [0.29, 0.717) is 26.3 Å². The number of aryl methyl sites for hydroxylation is 1. The van der Waals surface area contributed by atoms with Crippen LogP contribution in [0.1, 0.15) is 23.1 Å². The second-order valence-corrected chi connectivity index (χ2v) is 7.16. The van der Waals surface area contributed by atoms with E-state index in [2.05, 4.69) is 58.0 Å². The van der Waals surface area contributed by atoms with Crippen molar-refractivity contribution < 1.29 is 9.47 Å². The summed E-state index contributed by atoms with van der Waals surface area (Å²) in [6.07, 6.45) is 4.58. The van der Waals surface area contributed by atoms with E-state index in [4.69, 9.17) is 9.47 Å². The standard InChI is InChI=1S/C24H31N5O2/c1-19-10-11-21(23(16-19)31-15-7-14-30-3)18-27-24(25-2)26-17-20-8-4-5-9-22(20)29-13-6-12-28-29/h4-6,8-13,16H,7,14-15,17-18H2,1-3H3,(H2,25,26,27). The van der Waals surface area contributed by atoms with Crippen molar-refractivity contribution in [1.82, 2.24) is 20.4 Å². The first-order valence-electron chi connectivity index (χ1n) is 10.4. The molecule has 0 spiro atoms. The lowest BCUT2D eigenvalue weighted by molar-refractivity contribution is 0.171. The number of hydrogen-bond donors (Lipinski definition) is 2. The molecule has 0 aliphatic heterocycles. The van der Waals surface area contributed by atoms with Gasteiger partial charge in [-0.3, -0.25) is 4.99 Å². The summed E-state index contributed by atoms with van der Waals surface area (Å²) >= 11 is 0. The summed E-state index contributed by atoms with van der Waals surface area (Å²) in [5, 5.41) is 11.1. The van der Waals surface area contributed by atoms with Gasteiger partial charge in [-0.15, -0.1) is 0 Å². The van der Waals surface area contributed by atoms with E-state index in [0.717, 1.165) is 34.9 Å². The van der Waals surface area contributed by atoms with Crippen LogP contribution in [0.2, 0.25) is 0 Å². The maximum atomic E-state index is 5.98. The van der Waals surface area contributed by atoms with Crippen molar-refractivity contribution in [2.75, 3.05) is 27.4 Å². The largest absolute Gasteiger partial charge is 0.493 e. The molecule has 0 saturated heterocycles. The third kappa shape index (κ3) is 6.58. The second-order valence-electron chi connectivity index (χ2n) is 7.16. The molecule has 0 radical (unpaired) electrons. The highest BCUT2D eigenvalue weighted by molar-refractivity contribution is 5.79. The molecule has 1 aromatic heterocycles. The Labute approximate surface area is 184 Å². The normalized spacial score (nSPS) is 11.4. The average Bonchev–Trinajstić information content (AvgIpc) is 3.33. The number of aliphatic imine (C=N–C) groups is 1. The minimum Gasteiger partial charge on any atom is -0.493 e.